The summed E-state index contributed by atoms with van der Waals surface area (Å²) in [5.41, 5.74) is -1.71. The van der Waals surface area contributed by atoms with Crippen molar-refractivity contribution in [3.8, 4) is 0 Å². The maximum absolute atomic E-state index is 14.4. The number of fused-ring (bicyclic) bond motifs is 2. The molecule has 0 unspecified atom stereocenters. The molecule has 510 valence electrons. The van der Waals surface area contributed by atoms with Crippen LogP contribution in [0.3, 0.4) is 0 Å². The summed E-state index contributed by atoms with van der Waals surface area (Å²) in [5.74, 6) is -4.39. The Kier molecular flexibility index (Phi) is 29.6. The predicted octanol–water partition coefficient (Wildman–Crippen LogP) is 10.9. The summed E-state index contributed by atoms with van der Waals surface area (Å²) in [6, 6.07) is -0.112. The number of likely N-dealkylation sites (tertiary alicyclic amines) is 2. The molecule has 1 N–H and O–H groups in total. The number of rotatable bonds is 38. The summed E-state index contributed by atoms with van der Waals surface area (Å²) in [6.45, 7) is 40.6. The van der Waals surface area contributed by atoms with Gasteiger partial charge in [0.2, 0.25) is 31.9 Å². The minimum atomic E-state index is -3.70. The van der Waals surface area contributed by atoms with Gasteiger partial charge < -0.3 is 29.2 Å². The molecule has 2 heterocycles. The number of carbonyl (C=O) groups excluding carboxylic acids is 7. The van der Waals surface area contributed by atoms with E-state index in [1.54, 1.807) is 58.3 Å². The number of aliphatic hydroxyl groups excluding tert-OH is 1. The number of ether oxygens (including phenoxy) is 2. The van der Waals surface area contributed by atoms with E-state index < -0.39 is 89.2 Å². The maximum atomic E-state index is 14.4. The van der Waals surface area contributed by atoms with E-state index in [0.717, 1.165) is 57.7 Å². The molecule has 0 bridgehead atoms. The number of nitrogens with zero attached hydrogens (tertiary/aromatic N) is 4. The molecule has 2 aliphatic carbocycles. The molecule has 2 saturated carbocycles. The van der Waals surface area contributed by atoms with Crippen LogP contribution in [-0.4, -0.2) is 179 Å². The van der Waals surface area contributed by atoms with E-state index in [1.165, 1.54) is 8.61 Å². The van der Waals surface area contributed by atoms with Crippen molar-refractivity contribution in [3.63, 3.8) is 0 Å². The van der Waals surface area contributed by atoms with E-state index in [4.69, 9.17) is 9.47 Å². The molecule has 0 spiro atoms. The van der Waals surface area contributed by atoms with E-state index in [0.29, 0.717) is 44.6 Å². The highest BCUT2D eigenvalue weighted by Crippen LogP contribution is 2.66. The third-order valence-electron chi connectivity index (χ3n) is 18.5. The standard InChI is InChI=1S/C33H62N2O7SSi.C33H60N2O7SSi/c2*1-11-12-13-14-15-16-34(43(40,41)17-18-44(8,9)10)21-25(20-28(38)42-32(3,4)5)31(39)35-22-26-29(33(26,6)7)30(35)27(37)19-24(2)23-36/h24-26,29-30,36H,11-23H2,1-10H3;23-26,29-30H,11-22H2,1-10H3/t2*24-,25+,26+,29+,30-/m11/s1. The van der Waals surface area contributed by atoms with E-state index in [2.05, 4.69) is 80.8 Å². The first-order chi connectivity index (χ1) is 40.3. The zero-order valence-corrected chi connectivity index (χ0v) is 62.0. The third kappa shape index (κ3) is 24.5. The van der Waals surface area contributed by atoms with Crippen molar-refractivity contribution in [1.82, 2.24) is 18.4 Å². The number of aldehydes is 1. The normalized spacial score (nSPS) is 22.9. The van der Waals surface area contributed by atoms with Crippen molar-refractivity contribution in [2.75, 3.05) is 57.4 Å². The second-order valence-electron chi connectivity index (χ2n) is 32.3. The van der Waals surface area contributed by atoms with Gasteiger partial charge in [0.1, 0.15) is 17.5 Å². The lowest BCUT2D eigenvalue weighted by Gasteiger charge is -2.35. The topological polar surface area (TPSA) is 239 Å². The van der Waals surface area contributed by atoms with Gasteiger partial charge in [-0.2, -0.15) is 0 Å². The fraction of sp³-hybridized carbons (Fsp3) is 0.894. The van der Waals surface area contributed by atoms with E-state index >= 15 is 0 Å². The Bertz CT molecular complexity index is 2570. The number of aliphatic hydroxyl groups is 1. The predicted molar refractivity (Wildman–Crippen MR) is 356 cm³/mol. The molecule has 10 atom stereocenters. The molecule has 2 amide bonds. The summed E-state index contributed by atoms with van der Waals surface area (Å²) >= 11 is 0. The van der Waals surface area contributed by atoms with Crippen LogP contribution in [0, 0.1) is 58.2 Å². The average Bonchev–Trinajstić information content (AvgIpc) is 2.61. The minimum absolute atomic E-state index is 0.0117. The number of esters is 2. The van der Waals surface area contributed by atoms with Gasteiger partial charge in [0.05, 0.1) is 48.3 Å². The van der Waals surface area contributed by atoms with Crippen molar-refractivity contribution >= 4 is 77.8 Å². The maximum Gasteiger partial charge on any atom is 0.307 e. The Labute approximate surface area is 535 Å². The largest absolute Gasteiger partial charge is 0.460 e. The van der Waals surface area contributed by atoms with Crippen LogP contribution >= 0.6 is 0 Å². The summed E-state index contributed by atoms with van der Waals surface area (Å²) in [5, 5.41) is 9.60. The molecule has 18 nitrogen and oxygen atoms in total. The van der Waals surface area contributed by atoms with Gasteiger partial charge in [0.25, 0.3) is 0 Å². The second kappa shape index (κ2) is 32.8. The number of amides is 2. The highest BCUT2D eigenvalue weighted by atomic mass is 32.2. The molecular weight excluding hydrogens is 1190 g/mol. The molecular formula is C66H122N4O14S2Si2. The van der Waals surface area contributed by atoms with Crippen LogP contribution in [0.2, 0.25) is 51.4 Å². The van der Waals surface area contributed by atoms with Crippen LogP contribution in [0.15, 0.2) is 0 Å². The van der Waals surface area contributed by atoms with Gasteiger partial charge >= 0.3 is 11.9 Å². The Hall–Kier alpha value is -2.90. The third-order valence-corrected chi connectivity index (χ3v) is 26.4. The molecule has 0 radical (unpaired) electrons. The SMILES string of the molecule is CCCCCCCN(C[C@H](CC(=O)OC(C)(C)C)C(=O)N1C[C@H]2[C@@H]([C@H]1C(=O)C[C@@H](C)C=O)C2(C)C)S(=O)(=O)CC[Si](C)(C)C.CCCCCCCN(C[C@H](CC(=O)OC(C)(C)C)C(=O)N1C[C@H]2[C@@H]([C@H]1C(=O)C[C@@H](C)CO)C2(C)C)S(=O)(=O)CC[Si](C)(C)C. The molecule has 4 fully saturated rings. The average molecular weight is 1320 g/mol. The van der Waals surface area contributed by atoms with Crippen molar-refractivity contribution in [1.29, 1.82) is 0 Å². The molecule has 0 aromatic rings. The number of piperidine rings is 2. The fourth-order valence-electron chi connectivity index (χ4n) is 13.0. The van der Waals surface area contributed by atoms with Crippen molar-refractivity contribution in [2.45, 2.75) is 261 Å². The van der Waals surface area contributed by atoms with Crippen molar-refractivity contribution < 1.29 is 65.0 Å². The molecule has 22 heteroatoms. The first-order valence-electron chi connectivity index (χ1n) is 33.4. The van der Waals surface area contributed by atoms with Crippen molar-refractivity contribution in [3.05, 3.63) is 0 Å². The van der Waals surface area contributed by atoms with Crippen LogP contribution in [0.4, 0.5) is 0 Å². The molecule has 88 heavy (non-hydrogen) atoms. The van der Waals surface area contributed by atoms with Gasteiger partial charge in [-0.25, -0.2) is 25.4 Å². The Balaban J connectivity index is 0.000000460. The van der Waals surface area contributed by atoms with E-state index in [-0.39, 0.29) is 127 Å². The van der Waals surface area contributed by atoms with Crippen molar-refractivity contribution in [2.24, 2.45) is 58.2 Å². The lowest BCUT2D eigenvalue weighted by Crippen LogP contribution is -2.51. The fourth-order valence-corrected chi connectivity index (χ4v) is 22.1. The van der Waals surface area contributed by atoms with E-state index in [1.807, 2.05) is 6.92 Å². The van der Waals surface area contributed by atoms with Crippen LogP contribution in [-0.2, 0) is 63.1 Å². The lowest BCUT2D eigenvalue weighted by molar-refractivity contribution is -0.159. The van der Waals surface area contributed by atoms with Gasteiger partial charge in [-0.15, -0.1) is 0 Å². The lowest BCUT2D eigenvalue weighted by atomic mass is 9.92. The summed E-state index contributed by atoms with van der Waals surface area (Å²) in [4.78, 5) is 96.7. The molecule has 0 aromatic carbocycles. The van der Waals surface area contributed by atoms with Crippen LogP contribution in [0.1, 0.15) is 187 Å². The summed E-state index contributed by atoms with van der Waals surface area (Å²) in [6.07, 6.45) is 9.90. The first-order valence-corrected chi connectivity index (χ1v) is 44.0. The summed E-state index contributed by atoms with van der Waals surface area (Å²) in [7, 11) is -10.7. The van der Waals surface area contributed by atoms with Crippen LogP contribution in [0.5, 0.6) is 0 Å². The number of hydrogen-bond acceptors (Lipinski definition) is 14. The van der Waals surface area contributed by atoms with Crippen LogP contribution < -0.4 is 0 Å². The molecule has 4 aliphatic rings. The van der Waals surface area contributed by atoms with Gasteiger partial charge in [-0.05, 0) is 107 Å². The summed E-state index contributed by atoms with van der Waals surface area (Å²) < 4.78 is 69.2. The number of ketones is 2. The number of hydrogen-bond donors (Lipinski definition) is 1. The minimum Gasteiger partial charge on any atom is -0.460 e. The Morgan fingerprint density at radius 1 is 0.580 bits per heavy atom. The van der Waals surface area contributed by atoms with Gasteiger partial charge in [-0.1, -0.05) is 146 Å². The number of Topliss-reactive ketones (excluding diaryl/α,β-unsaturated/α-hetero) is 2. The highest BCUT2D eigenvalue weighted by Gasteiger charge is 2.70. The van der Waals surface area contributed by atoms with Crippen LogP contribution in [0.25, 0.3) is 0 Å². The molecule has 2 aliphatic heterocycles. The van der Waals surface area contributed by atoms with Gasteiger partial charge in [0, 0.05) is 80.8 Å². The second-order valence-corrected chi connectivity index (χ2v) is 47.7. The van der Waals surface area contributed by atoms with Gasteiger partial charge in [-0.3, -0.25) is 28.8 Å². The molecule has 0 aromatic heterocycles. The van der Waals surface area contributed by atoms with E-state index in [9.17, 15) is 55.5 Å². The zero-order chi connectivity index (χ0) is 67.3. The number of sulfonamides is 2. The van der Waals surface area contributed by atoms with Gasteiger partial charge in [0.15, 0.2) is 11.6 Å². The quantitative estimate of drug-likeness (QED) is 0.0262. The molecule has 2 saturated heterocycles. The monoisotopic (exact) mass is 1310 g/mol. The number of unbranched alkanes of at least 4 members (excludes halogenated alkanes) is 8. The Morgan fingerprint density at radius 3 is 1.23 bits per heavy atom. The smallest absolute Gasteiger partial charge is 0.307 e. The first kappa shape index (κ1) is 79.3. The Morgan fingerprint density at radius 2 is 0.920 bits per heavy atom. The zero-order valence-electron chi connectivity index (χ0n) is 58.4. The molecule has 4 rings (SSSR count). The highest BCUT2D eigenvalue weighted by molar-refractivity contribution is 7.89. The number of carbonyl (C=O) groups is 7.